The van der Waals surface area contributed by atoms with Crippen molar-refractivity contribution in [1.29, 1.82) is 0 Å². The third kappa shape index (κ3) is 3.65. The minimum absolute atomic E-state index is 0.429. The maximum atomic E-state index is 12.2. The second-order valence-corrected chi connectivity index (χ2v) is 6.52. The molecular formula is C14H21NOS. The Morgan fingerprint density at radius 1 is 1.06 bits per heavy atom. The van der Waals surface area contributed by atoms with Crippen LogP contribution in [0.25, 0.3) is 0 Å². The molecule has 1 aliphatic carbocycles. The van der Waals surface area contributed by atoms with Crippen LogP contribution in [-0.2, 0) is 23.1 Å². The van der Waals surface area contributed by atoms with Crippen molar-refractivity contribution in [3.05, 3.63) is 35.4 Å². The van der Waals surface area contributed by atoms with Crippen molar-refractivity contribution in [2.24, 2.45) is 5.73 Å². The lowest BCUT2D eigenvalue weighted by atomic mass is 10.0. The van der Waals surface area contributed by atoms with Crippen molar-refractivity contribution in [3.8, 4) is 0 Å². The predicted molar refractivity (Wildman–Crippen MR) is 73.1 cm³/mol. The molecule has 0 radical (unpaired) electrons. The van der Waals surface area contributed by atoms with E-state index in [9.17, 15) is 4.21 Å². The summed E-state index contributed by atoms with van der Waals surface area (Å²) >= 11 is 0. The van der Waals surface area contributed by atoms with E-state index < -0.39 is 10.8 Å². The zero-order valence-electron chi connectivity index (χ0n) is 10.2. The molecule has 1 aromatic carbocycles. The van der Waals surface area contributed by atoms with Crippen LogP contribution in [0, 0.1) is 0 Å². The molecule has 2 N–H and O–H groups in total. The molecule has 1 saturated carbocycles. The summed E-state index contributed by atoms with van der Waals surface area (Å²) in [5.74, 6) is 0.704. The van der Waals surface area contributed by atoms with Gasteiger partial charge < -0.3 is 5.73 Å². The SMILES string of the molecule is NCc1ccc(CS(=O)C2CCCCC2)cc1. The first kappa shape index (κ1) is 12.8. The molecule has 1 unspecified atom stereocenters. The van der Waals surface area contributed by atoms with Crippen LogP contribution in [0.15, 0.2) is 24.3 Å². The summed E-state index contributed by atoms with van der Waals surface area (Å²) < 4.78 is 12.2. The minimum Gasteiger partial charge on any atom is -0.326 e. The van der Waals surface area contributed by atoms with Crippen LogP contribution in [0.3, 0.4) is 0 Å². The van der Waals surface area contributed by atoms with Gasteiger partial charge in [0, 0.05) is 28.3 Å². The molecule has 94 valence electrons. The summed E-state index contributed by atoms with van der Waals surface area (Å²) in [5, 5.41) is 0.429. The standard InChI is InChI=1S/C14H21NOS/c15-10-12-6-8-13(9-7-12)11-17(16)14-4-2-1-3-5-14/h6-9,14H,1-5,10-11,15H2. The highest BCUT2D eigenvalue weighted by molar-refractivity contribution is 7.84. The van der Waals surface area contributed by atoms with Crippen LogP contribution in [0.1, 0.15) is 43.2 Å². The number of hydrogen-bond acceptors (Lipinski definition) is 2. The Morgan fingerprint density at radius 3 is 2.24 bits per heavy atom. The number of hydrogen-bond donors (Lipinski definition) is 1. The van der Waals surface area contributed by atoms with Gasteiger partial charge in [-0.2, -0.15) is 0 Å². The second-order valence-electron chi connectivity index (χ2n) is 4.81. The number of benzene rings is 1. The van der Waals surface area contributed by atoms with Gasteiger partial charge in [0.25, 0.3) is 0 Å². The van der Waals surface area contributed by atoms with Gasteiger partial charge in [-0.25, -0.2) is 0 Å². The zero-order valence-corrected chi connectivity index (χ0v) is 11.0. The van der Waals surface area contributed by atoms with E-state index in [2.05, 4.69) is 12.1 Å². The van der Waals surface area contributed by atoms with Gasteiger partial charge in [-0.15, -0.1) is 0 Å². The minimum atomic E-state index is -0.697. The lowest BCUT2D eigenvalue weighted by Gasteiger charge is -2.20. The van der Waals surface area contributed by atoms with Crippen molar-refractivity contribution in [2.45, 2.75) is 49.7 Å². The second kappa shape index (κ2) is 6.31. The molecule has 0 spiro atoms. The first-order valence-corrected chi connectivity index (χ1v) is 7.83. The number of rotatable bonds is 4. The molecule has 2 nitrogen and oxygen atoms in total. The van der Waals surface area contributed by atoms with Crippen LogP contribution in [-0.4, -0.2) is 9.46 Å². The average molecular weight is 251 g/mol. The van der Waals surface area contributed by atoms with E-state index in [0.29, 0.717) is 17.5 Å². The molecule has 1 atom stereocenters. The average Bonchev–Trinajstić information content (AvgIpc) is 2.40. The Labute approximate surface area is 106 Å². The highest BCUT2D eigenvalue weighted by atomic mass is 32.2. The van der Waals surface area contributed by atoms with Gasteiger partial charge in [-0.3, -0.25) is 4.21 Å². The molecule has 1 aliphatic rings. The largest absolute Gasteiger partial charge is 0.326 e. The molecule has 0 bridgehead atoms. The van der Waals surface area contributed by atoms with Crippen molar-refractivity contribution in [2.75, 3.05) is 0 Å². The Hall–Kier alpha value is -0.670. The maximum absolute atomic E-state index is 12.2. The molecule has 2 rings (SSSR count). The Bertz CT molecular complexity index is 368. The fourth-order valence-corrected chi connectivity index (χ4v) is 4.00. The molecule has 0 saturated heterocycles. The van der Waals surface area contributed by atoms with Crippen LogP contribution in [0.4, 0.5) is 0 Å². The molecular weight excluding hydrogens is 230 g/mol. The van der Waals surface area contributed by atoms with Crippen LogP contribution in [0.2, 0.25) is 0 Å². The zero-order chi connectivity index (χ0) is 12.1. The summed E-state index contributed by atoms with van der Waals surface area (Å²) in [5.41, 5.74) is 7.87. The van der Waals surface area contributed by atoms with E-state index in [0.717, 1.165) is 18.4 Å². The topological polar surface area (TPSA) is 43.1 Å². The molecule has 1 aromatic rings. The van der Waals surface area contributed by atoms with E-state index in [1.54, 1.807) is 0 Å². The van der Waals surface area contributed by atoms with Crippen molar-refractivity contribution < 1.29 is 4.21 Å². The van der Waals surface area contributed by atoms with Crippen molar-refractivity contribution in [1.82, 2.24) is 0 Å². The van der Waals surface area contributed by atoms with E-state index in [-0.39, 0.29) is 0 Å². The highest BCUT2D eigenvalue weighted by Crippen LogP contribution is 2.23. The molecule has 0 aliphatic heterocycles. The van der Waals surface area contributed by atoms with Crippen molar-refractivity contribution >= 4 is 10.8 Å². The van der Waals surface area contributed by atoms with Gasteiger partial charge in [-0.05, 0) is 24.0 Å². The summed E-state index contributed by atoms with van der Waals surface area (Å²) in [4.78, 5) is 0. The van der Waals surface area contributed by atoms with Crippen molar-refractivity contribution in [3.63, 3.8) is 0 Å². The lowest BCUT2D eigenvalue weighted by Crippen LogP contribution is -2.19. The Morgan fingerprint density at radius 2 is 1.65 bits per heavy atom. The maximum Gasteiger partial charge on any atom is 0.0488 e. The molecule has 0 aromatic heterocycles. The third-order valence-corrected chi connectivity index (χ3v) is 5.32. The van der Waals surface area contributed by atoms with E-state index in [1.165, 1.54) is 24.8 Å². The fraction of sp³-hybridized carbons (Fsp3) is 0.571. The Balaban J connectivity index is 1.92. The summed E-state index contributed by atoms with van der Waals surface area (Å²) in [6.45, 7) is 0.575. The summed E-state index contributed by atoms with van der Waals surface area (Å²) in [6, 6.07) is 8.19. The van der Waals surface area contributed by atoms with Gasteiger partial charge in [0.05, 0.1) is 0 Å². The van der Waals surface area contributed by atoms with Crippen LogP contribution in [0.5, 0.6) is 0 Å². The lowest BCUT2D eigenvalue weighted by molar-refractivity contribution is 0.504. The van der Waals surface area contributed by atoms with Crippen LogP contribution >= 0.6 is 0 Å². The Kier molecular flexibility index (Phi) is 4.75. The molecule has 0 heterocycles. The van der Waals surface area contributed by atoms with E-state index in [1.807, 2.05) is 12.1 Å². The van der Waals surface area contributed by atoms with Gasteiger partial charge in [-0.1, -0.05) is 43.5 Å². The molecule has 17 heavy (non-hydrogen) atoms. The van der Waals surface area contributed by atoms with Gasteiger partial charge in [0.1, 0.15) is 0 Å². The normalized spacial score (nSPS) is 19.1. The first-order valence-electron chi connectivity index (χ1n) is 6.44. The smallest absolute Gasteiger partial charge is 0.0488 e. The summed E-state index contributed by atoms with van der Waals surface area (Å²) in [7, 11) is -0.697. The number of nitrogens with two attached hydrogens (primary N) is 1. The first-order chi connectivity index (χ1) is 8.29. The summed E-state index contributed by atoms with van der Waals surface area (Å²) in [6.07, 6.45) is 6.12. The van der Waals surface area contributed by atoms with Gasteiger partial charge in [0.15, 0.2) is 0 Å². The quantitative estimate of drug-likeness (QED) is 0.894. The fourth-order valence-electron chi connectivity index (χ4n) is 2.38. The van der Waals surface area contributed by atoms with Crippen LogP contribution < -0.4 is 5.73 Å². The monoisotopic (exact) mass is 251 g/mol. The van der Waals surface area contributed by atoms with E-state index >= 15 is 0 Å². The molecule has 3 heteroatoms. The van der Waals surface area contributed by atoms with E-state index in [4.69, 9.17) is 5.73 Å². The predicted octanol–water partition coefficient (Wildman–Crippen LogP) is 2.73. The van der Waals surface area contributed by atoms with Gasteiger partial charge in [0.2, 0.25) is 0 Å². The van der Waals surface area contributed by atoms with Gasteiger partial charge >= 0.3 is 0 Å². The third-order valence-electron chi connectivity index (χ3n) is 3.49. The molecule has 0 amide bonds. The molecule has 1 fully saturated rings. The highest BCUT2D eigenvalue weighted by Gasteiger charge is 2.19.